The molecule has 0 aliphatic heterocycles. The van der Waals surface area contributed by atoms with E-state index in [0.717, 1.165) is 13.0 Å². The standard InChI is InChI=1S/C12H18F2N2O/c1-8(10(3)16-15-5)6-11(7-9(2)17)12(4,13)14/h7,17H,2,6H2,1,3-5H3/b10-8?,11-7+,16-15?. The summed E-state index contributed by atoms with van der Waals surface area (Å²) in [6.07, 6.45) is 1.01. The van der Waals surface area contributed by atoms with Gasteiger partial charge in [0.05, 0.1) is 5.70 Å². The molecule has 0 aliphatic rings. The zero-order valence-corrected chi connectivity index (χ0v) is 10.6. The molecule has 0 spiro atoms. The number of halogens is 2. The zero-order valence-electron chi connectivity index (χ0n) is 10.6. The Bertz CT molecular complexity index is 376. The third-order valence-corrected chi connectivity index (χ3v) is 2.23. The molecule has 0 aliphatic carbocycles. The van der Waals surface area contributed by atoms with Crippen molar-refractivity contribution < 1.29 is 13.9 Å². The highest BCUT2D eigenvalue weighted by Crippen LogP contribution is 2.30. The summed E-state index contributed by atoms with van der Waals surface area (Å²) < 4.78 is 26.5. The SMILES string of the molecule is C=C(O)/C=C(\CC(C)=C(C)N=NC)C(C)(F)F. The average molecular weight is 244 g/mol. The van der Waals surface area contributed by atoms with E-state index in [1.807, 2.05) is 0 Å². The summed E-state index contributed by atoms with van der Waals surface area (Å²) in [5.74, 6) is -3.39. The number of hydrogen-bond donors (Lipinski definition) is 1. The van der Waals surface area contributed by atoms with Crippen LogP contribution in [0.2, 0.25) is 0 Å². The Balaban J connectivity index is 5.17. The number of hydrogen-bond acceptors (Lipinski definition) is 3. The molecule has 0 heterocycles. The van der Waals surface area contributed by atoms with Crippen LogP contribution in [0.4, 0.5) is 8.78 Å². The minimum absolute atomic E-state index is 0.0218. The van der Waals surface area contributed by atoms with E-state index in [0.29, 0.717) is 11.3 Å². The molecule has 0 aromatic carbocycles. The molecule has 0 bridgehead atoms. The molecule has 0 aromatic heterocycles. The summed E-state index contributed by atoms with van der Waals surface area (Å²) >= 11 is 0. The Morgan fingerprint density at radius 3 is 2.29 bits per heavy atom. The van der Waals surface area contributed by atoms with Crippen molar-refractivity contribution in [3.05, 3.63) is 35.3 Å². The van der Waals surface area contributed by atoms with Gasteiger partial charge in [-0.05, 0) is 31.9 Å². The van der Waals surface area contributed by atoms with Crippen LogP contribution in [0.15, 0.2) is 45.5 Å². The second kappa shape index (κ2) is 6.27. The van der Waals surface area contributed by atoms with Crippen LogP contribution in [-0.2, 0) is 0 Å². The molecule has 0 aromatic rings. The predicted octanol–water partition coefficient (Wildman–Crippen LogP) is 4.41. The Labute approximate surface area is 100 Å². The summed E-state index contributed by atoms with van der Waals surface area (Å²) in [4.78, 5) is 0. The summed E-state index contributed by atoms with van der Waals surface area (Å²) in [5, 5.41) is 16.3. The van der Waals surface area contributed by atoms with E-state index in [1.165, 1.54) is 7.05 Å². The van der Waals surface area contributed by atoms with Crippen LogP contribution < -0.4 is 0 Å². The maximum absolute atomic E-state index is 13.3. The molecule has 0 atom stereocenters. The van der Waals surface area contributed by atoms with Crippen LogP contribution in [0.1, 0.15) is 27.2 Å². The first-order chi connectivity index (χ1) is 7.68. The number of allylic oxidation sites excluding steroid dienone is 4. The van der Waals surface area contributed by atoms with Crippen LogP contribution in [0.3, 0.4) is 0 Å². The second-order valence-electron chi connectivity index (χ2n) is 3.89. The van der Waals surface area contributed by atoms with Gasteiger partial charge in [-0.3, -0.25) is 0 Å². The Morgan fingerprint density at radius 1 is 1.41 bits per heavy atom. The van der Waals surface area contributed by atoms with Gasteiger partial charge >= 0.3 is 0 Å². The molecule has 0 amide bonds. The molecule has 1 N–H and O–H groups in total. The molecule has 17 heavy (non-hydrogen) atoms. The van der Waals surface area contributed by atoms with Gasteiger partial charge in [-0.15, -0.1) is 0 Å². The van der Waals surface area contributed by atoms with Crippen LogP contribution in [0, 0.1) is 0 Å². The Hall–Kier alpha value is -1.52. The number of nitrogens with zero attached hydrogens (tertiary/aromatic N) is 2. The smallest absolute Gasteiger partial charge is 0.267 e. The highest BCUT2D eigenvalue weighted by Gasteiger charge is 2.27. The van der Waals surface area contributed by atoms with Crippen molar-refractivity contribution in [3.63, 3.8) is 0 Å². The van der Waals surface area contributed by atoms with Crippen molar-refractivity contribution in [2.45, 2.75) is 33.1 Å². The van der Waals surface area contributed by atoms with Crippen molar-refractivity contribution in [2.24, 2.45) is 10.2 Å². The minimum atomic E-state index is -3.00. The number of alkyl halides is 2. The van der Waals surface area contributed by atoms with Crippen molar-refractivity contribution in [1.82, 2.24) is 0 Å². The zero-order chi connectivity index (χ0) is 13.6. The lowest BCUT2D eigenvalue weighted by atomic mass is 10.00. The highest BCUT2D eigenvalue weighted by atomic mass is 19.3. The molecule has 0 saturated carbocycles. The molecule has 0 unspecified atom stereocenters. The van der Waals surface area contributed by atoms with Crippen molar-refractivity contribution in [3.8, 4) is 0 Å². The van der Waals surface area contributed by atoms with Gasteiger partial charge in [0, 0.05) is 19.5 Å². The van der Waals surface area contributed by atoms with E-state index >= 15 is 0 Å². The molecular formula is C12H18F2N2O. The summed E-state index contributed by atoms with van der Waals surface area (Å²) in [7, 11) is 1.51. The molecule has 0 radical (unpaired) electrons. The number of azo groups is 1. The van der Waals surface area contributed by atoms with E-state index in [-0.39, 0.29) is 17.8 Å². The van der Waals surface area contributed by atoms with E-state index < -0.39 is 5.92 Å². The first-order valence-corrected chi connectivity index (χ1v) is 5.11. The number of rotatable bonds is 5. The molecular weight excluding hydrogens is 226 g/mol. The van der Waals surface area contributed by atoms with E-state index in [4.69, 9.17) is 5.11 Å². The molecule has 5 heteroatoms. The van der Waals surface area contributed by atoms with Gasteiger partial charge in [0.15, 0.2) is 0 Å². The summed E-state index contributed by atoms with van der Waals surface area (Å²) in [6.45, 7) is 7.36. The molecule has 0 rings (SSSR count). The van der Waals surface area contributed by atoms with Gasteiger partial charge in [0.25, 0.3) is 5.92 Å². The maximum atomic E-state index is 13.3. The van der Waals surface area contributed by atoms with Crippen LogP contribution in [-0.4, -0.2) is 18.1 Å². The van der Waals surface area contributed by atoms with Gasteiger partial charge in [-0.1, -0.05) is 6.58 Å². The quantitative estimate of drug-likeness (QED) is 0.434. The minimum Gasteiger partial charge on any atom is -0.509 e. The molecule has 3 nitrogen and oxygen atoms in total. The third kappa shape index (κ3) is 5.94. The van der Waals surface area contributed by atoms with Gasteiger partial charge in [0.2, 0.25) is 0 Å². The largest absolute Gasteiger partial charge is 0.509 e. The monoisotopic (exact) mass is 244 g/mol. The predicted molar refractivity (Wildman–Crippen MR) is 64.2 cm³/mol. The highest BCUT2D eigenvalue weighted by molar-refractivity contribution is 5.27. The van der Waals surface area contributed by atoms with Crippen LogP contribution >= 0.6 is 0 Å². The first-order valence-electron chi connectivity index (χ1n) is 5.11. The van der Waals surface area contributed by atoms with Crippen molar-refractivity contribution in [1.29, 1.82) is 0 Å². The first kappa shape index (κ1) is 15.5. The fourth-order valence-corrected chi connectivity index (χ4v) is 1.18. The maximum Gasteiger partial charge on any atom is 0.267 e. The Morgan fingerprint density at radius 2 is 1.94 bits per heavy atom. The van der Waals surface area contributed by atoms with Gasteiger partial charge in [-0.25, -0.2) is 8.78 Å². The van der Waals surface area contributed by atoms with Gasteiger partial charge in [0.1, 0.15) is 5.76 Å². The number of aliphatic hydroxyl groups is 1. The normalized spacial score (nSPS) is 15.1. The summed E-state index contributed by atoms with van der Waals surface area (Å²) in [5.41, 5.74) is 1.06. The lowest BCUT2D eigenvalue weighted by Gasteiger charge is -2.16. The topological polar surface area (TPSA) is 45.0 Å². The van der Waals surface area contributed by atoms with Gasteiger partial charge in [-0.2, -0.15) is 10.2 Å². The van der Waals surface area contributed by atoms with E-state index in [1.54, 1.807) is 13.8 Å². The van der Waals surface area contributed by atoms with E-state index in [9.17, 15) is 8.78 Å². The second-order valence-corrected chi connectivity index (χ2v) is 3.89. The molecule has 0 fully saturated rings. The lowest BCUT2D eigenvalue weighted by Crippen LogP contribution is -2.14. The van der Waals surface area contributed by atoms with Crippen LogP contribution in [0.25, 0.3) is 0 Å². The lowest BCUT2D eigenvalue weighted by molar-refractivity contribution is 0.0604. The third-order valence-electron chi connectivity index (χ3n) is 2.23. The molecule has 96 valence electrons. The fraction of sp³-hybridized carbons (Fsp3) is 0.500. The van der Waals surface area contributed by atoms with Gasteiger partial charge < -0.3 is 5.11 Å². The van der Waals surface area contributed by atoms with Crippen molar-refractivity contribution >= 4 is 0 Å². The number of aliphatic hydroxyl groups excluding tert-OH is 1. The Kier molecular flexibility index (Phi) is 5.71. The van der Waals surface area contributed by atoms with Crippen molar-refractivity contribution in [2.75, 3.05) is 7.05 Å². The molecule has 0 saturated heterocycles. The van der Waals surface area contributed by atoms with Crippen LogP contribution in [0.5, 0.6) is 0 Å². The van der Waals surface area contributed by atoms with E-state index in [2.05, 4.69) is 16.8 Å². The summed E-state index contributed by atoms with van der Waals surface area (Å²) in [6, 6.07) is 0. The fourth-order valence-electron chi connectivity index (χ4n) is 1.18. The average Bonchev–Trinajstić information content (AvgIpc) is 2.14.